The second-order valence-electron chi connectivity index (χ2n) is 5.62. The van der Waals surface area contributed by atoms with Crippen LogP contribution in [0.15, 0.2) is 0 Å². The second kappa shape index (κ2) is 9.28. The van der Waals surface area contributed by atoms with Crippen molar-refractivity contribution in [1.29, 1.82) is 0 Å². The minimum absolute atomic E-state index is 0.118. The molecule has 0 aliphatic heterocycles. The molecule has 0 spiro atoms. The van der Waals surface area contributed by atoms with Gasteiger partial charge in [0, 0.05) is 6.42 Å². The van der Waals surface area contributed by atoms with E-state index in [1.165, 1.54) is 0 Å². The summed E-state index contributed by atoms with van der Waals surface area (Å²) >= 11 is 0. The Labute approximate surface area is 116 Å². The molecule has 0 saturated heterocycles. The van der Waals surface area contributed by atoms with Gasteiger partial charge in [0.1, 0.15) is 0 Å². The van der Waals surface area contributed by atoms with E-state index in [0.717, 1.165) is 12.8 Å². The monoisotopic (exact) mass is 274 g/mol. The van der Waals surface area contributed by atoms with E-state index in [1.807, 2.05) is 6.92 Å². The van der Waals surface area contributed by atoms with Crippen LogP contribution in [-0.4, -0.2) is 41.4 Å². The Kier molecular flexibility index (Phi) is 8.97. The van der Waals surface area contributed by atoms with Crippen LogP contribution in [-0.2, 0) is 4.79 Å². The standard InChI is InChI=1S/C14H30N2O3/c1-4-14(9-17,10-18)16-13(19)6-5-12(7-8-15)11(2)3/h11-12,17-18H,4-10,15H2,1-3H3,(H,16,19). The third-order valence-electron chi connectivity index (χ3n) is 3.91. The summed E-state index contributed by atoms with van der Waals surface area (Å²) in [7, 11) is 0. The van der Waals surface area contributed by atoms with Crippen LogP contribution in [0.25, 0.3) is 0 Å². The van der Waals surface area contributed by atoms with Gasteiger partial charge in [-0.05, 0) is 37.6 Å². The lowest BCUT2D eigenvalue weighted by Crippen LogP contribution is -2.53. The number of nitrogens with one attached hydrogen (secondary N) is 1. The molecule has 0 aromatic heterocycles. The first-order chi connectivity index (χ1) is 8.94. The van der Waals surface area contributed by atoms with E-state index in [2.05, 4.69) is 19.2 Å². The van der Waals surface area contributed by atoms with Crippen LogP contribution in [0.3, 0.4) is 0 Å². The number of carbonyl (C=O) groups is 1. The van der Waals surface area contributed by atoms with Crippen molar-refractivity contribution in [3.8, 4) is 0 Å². The van der Waals surface area contributed by atoms with Gasteiger partial charge in [0.25, 0.3) is 0 Å². The lowest BCUT2D eigenvalue weighted by molar-refractivity contribution is -0.124. The van der Waals surface area contributed by atoms with Crippen LogP contribution < -0.4 is 11.1 Å². The first-order valence-corrected chi connectivity index (χ1v) is 7.17. The van der Waals surface area contributed by atoms with Gasteiger partial charge >= 0.3 is 0 Å². The zero-order valence-corrected chi connectivity index (χ0v) is 12.5. The highest BCUT2D eigenvalue weighted by molar-refractivity contribution is 5.76. The molecule has 5 nitrogen and oxygen atoms in total. The summed E-state index contributed by atoms with van der Waals surface area (Å²) in [5.41, 5.74) is 4.68. The van der Waals surface area contributed by atoms with Crippen LogP contribution in [0.5, 0.6) is 0 Å². The fourth-order valence-corrected chi connectivity index (χ4v) is 2.14. The van der Waals surface area contributed by atoms with Gasteiger partial charge in [-0.2, -0.15) is 0 Å². The first kappa shape index (κ1) is 18.4. The van der Waals surface area contributed by atoms with Crippen molar-refractivity contribution in [2.75, 3.05) is 19.8 Å². The Balaban J connectivity index is 4.30. The van der Waals surface area contributed by atoms with Gasteiger partial charge < -0.3 is 21.3 Å². The normalized spacial score (nSPS) is 13.6. The Morgan fingerprint density at radius 1 is 1.26 bits per heavy atom. The van der Waals surface area contributed by atoms with Crippen LogP contribution in [0, 0.1) is 11.8 Å². The average molecular weight is 274 g/mol. The maximum atomic E-state index is 11.9. The fourth-order valence-electron chi connectivity index (χ4n) is 2.14. The molecular formula is C14H30N2O3. The van der Waals surface area contributed by atoms with Gasteiger partial charge in [-0.3, -0.25) is 4.79 Å². The third-order valence-corrected chi connectivity index (χ3v) is 3.91. The largest absolute Gasteiger partial charge is 0.394 e. The molecule has 19 heavy (non-hydrogen) atoms. The Bertz CT molecular complexity index is 245. The summed E-state index contributed by atoms with van der Waals surface area (Å²) in [6.45, 7) is 6.24. The molecule has 0 aliphatic carbocycles. The molecule has 0 radical (unpaired) electrons. The average Bonchev–Trinajstić information content (AvgIpc) is 2.40. The lowest BCUT2D eigenvalue weighted by atomic mass is 9.88. The number of rotatable bonds is 10. The van der Waals surface area contributed by atoms with Crippen molar-refractivity contribution < 1.29 is 15.0 Å². The Morgan fingerprint density at radius 2 is 1.84 bits per heavy atom. The van der Waals surface area contributed by atoms with E-state index >= 15 is 0 Å². The summed E-state index contributed by atoms with van der Waals surface area (Å²) in [5.74, 6) is 0.825. The number of amides is 1. The second-order valence-corrected chi connectivity index (χ2v) is 5.62. The third kappa shape index (κ3) is 6.36. The van der Waals surface area contributed by atoms with Crippen molar-refractivity contribution in [1.82, 2.24) is 5.32 Å². The topological polar surface area (TPSA) is 95.6 Å². The number of aliphatic hydroxyl groups excluding tert-OH is 2. The van der Waals surface area contributed by atoms with E-state index < -0.39 is 5.54 Å². The summed E-state index contributed by atoms with van der Waals surface area (Å²) in [6.07, 6.45) is 2.62. The van der Waals surface area contributed by atoms with Crippen molar-refractivity contribution in [2.45, 2.75) is 52.0 Å². The minimum atomic E-state index is -0.891. The zero-order chi connectivity index (χ0) is 14.9. The van der Waals surface area contributed by atoms with Gasteiger partial charge in [0.2, 0.25) is 5.91 Å². The predicted molar refractivity (Wildman–Crippen MR) is 76.6 cm³/mol. The predicted octanol–water partition coefficient (Wildman–Crippen LogP) is 0.637. The van der Waals surface area contributed by atoms with Crippen LogP contribution in [0.2, 0.25) is 0 Å². The quantitative estimate of drug-likeness (QED) is 0.470. The van der Waals surface area contributed by atoms with E-state index in [0.29, 0.717) is 31.2 Å². The molecule has 0 bridgehead atoms. The number of carbonyl (C=O) groups excluding carboxylic acids is 1. The highest BCUT2D eigenvalue weighted by Crippen LogP contribution is 2.20. The first-order valence-electron chi connectivity index (χ1n) is 7.17. The molecule has 0 rings (SSSR count). The maximum absolute atomic E-state index is 11.9. The number of hydrogen-bond donors (Lipinski definition) is 4. The molecule has 0 aromatic carbocycles. The summed E-state index contributed by atoms with van der Waals surface area (Å²) in [6, 6.07) is 0. The number of nitrogens with two attached hydrogens (primary N) is 1. The van der Waals surface area contributed by atoms with Crippen LogP contribution >= 0.6 is 0 Å². The van der Waals surface area contributed by atoms with E-state index in [-0.39, 0.29) is 19.1 Å². The Morgan fingerprint density at radius 3 is 2.21 bits per heavy atom. The SMILES string of the molecule is CCC(CO)(CO)NC(=O)CCC(CCN)C(C)C. The van der Waals surface area contributed by atoms with Gasteiger partial charge in [-0.1, -0.05) is 20.8 Å². The van der Waals surface area contributed by atoms with Crippen molar-refractivity contribution in [2.24, 2.45) is 17.6 Å². The molecule has 1 amide bonds. The van der Waals surface area contributed by atoms with E-state index in [4.69, 9.17) is 5.73 Å². The minimum Gasteiger partial charge on any atom is -0.394 e. The number of aliphatic hydroxyl groups is 2. The molecular weight excluding hydrogens is 244 g/mol. The number of hydrogen-bond acceptors (Lipinski definition) is 4. The molecule has 0 aliphatic rings. The molecule has 1 unspecified atom stereocenters. The van der Waals surface area contributed by atoms with Gasteiger partial charge in [0.15, 0.2) is 0 Å². The fraction of sp³-hybridized carbons (Fsp3) is 0.929. The lowest BCUT2D eigenvalue weighted by Gasteiger charge is -2.30. The highest BCUT2D eigenvalue weighted by Gasteiger charge is 2.28. The molecule has 0 aromatic rings. The maximum Gasteiger partial charge on any atom is 0.220 e. The summed E-state index contributed by atoms with van der Waals surface area (Å²) in [4.78, 5) is 11.9. The van der Waals surface area contributed by atoms with Crippen molar-refractivity contribution in [3.63, 3.8) is 0 Å². The summed E-state index contributed by atoms with van der Waals surface area (Å²) < 4.78 is 0. The van der Waals surface area contributed by atoms with E-state index in [9.17, 15) is 15.0 Å². The Hall–Kier alpha value is -0.650. The highest BCUT2D eigenvalue weighted by atomic mass is 16.3. The molecule has 0 fully saturated rings. The molecule has 1 atom stereocenters. The van der Waals surface area contributed by atoms with Crippen molar-refractivity contribution >= 4 is 5.91 Å². The zero-order valence-electron chi connectivity index (χ0n) is 12.5. The smallest absolute Gasteiger partial charge is 0.220 e. The molecule has 0 heterocycles. The van der Waals surface area contributed by atoms with Gasteiger partial charge in [-0.25, -0.2) is 0 Å². The molecule has 0 saturated carbocycles. The van der Waals surface area contributed by atoms with Crippen molar-refractivity contribution in [3.05, 3.63) is 0 Å². The summed E-state index contributed by atoms with van der Waals surface area (Å²) in [5, 5.41) is 21.3. The van der Waals surface area contributed by atoms with E-state index in [1.54, 1.807) is 0 Å². The van der Waals surface area contributed by atoms with Gasteiger partial charge in [-0.15, -0.1) is 0 Å². The van der Waals surface area contributed by atoms with Crippen LogP contribution in [0.1, 0.15) is 46.5 Å². The van der Waals surface area contributed by atoms with Gasteiger partial charge in [0.05, 0.1) is 18.8 Å². The molecule has 5 N–H and O–H groups in total. The molecule has 5 heteroatoms. The molecule has 114 valence electrons. The van der Waals surface area contributed by atoms with Crippen LogP contribution in [0.4, 0.5) is 0 Å².